The molecule has 1 aliphatic heterocycles. The van der Waals surface area contributed by atoms with Gasteiger partial charge in [0.2, 0.25) is 5.91 Å². The van der Waals surface area contributed by atoms with Gasteiger partial charge >= 0.3 is 12.0 Å². The zero-order valence-electron chi connectivity index (χ0n) is 10.7. The fourth-order valence-corrected chi connectivity index (χ4v) is 2.04. The van der Waals surface area contributed by atoms with Crippen LogP contribution in [0, 0.1) is 13.8 Å². The van der Waals surface area contributed by atoms with E-state index in [0.717, 1.165) is 11.1 Å². The maximum absolute atomic E-state index is 11.8. The molecule has 0 bridgehead atoms. The van der Waals surface area contributed by atoms with E-state index in [4.69, 9.17) is 5.11 Å². The Kier molecular flexibility index (Phi) is 3.25. The summed E-state index contributed by atoms with van der Waals surface area (Å²) in [6, 6.07) is 2.51. The third-order valence-electron chi connectivity index (χ3n) is 3.23. The molecule has 0 atom stereocenters. The summed E-state index contributed by atoms with van der Waals surface area (Å²) in [4.78, 5) is 35.4. The number of carbonyl (C=O) groups excluding carboxylic acids is 2. The third kappa shape index (κ3) is 2.42. The first-order valence-electron chi connectivity index (χ1n) is 5.86. The van der Waals surface area contributed by atoms with Gasteiger partial charge in [0.1, 0.15) is 0 Å². The SMILES string of the molecule is Cc1cc(C(=O)O)cc(N2CCC(=O)NC2=O)c1C. The summed E-state index contributed by atoms with van der Waals surface area (Å²) >= 11 is 0. The van der Waals surface area contributed by atoms with Crippen LogP contribution in [0.1, 0.15) is 27.9 Å². The van der Waals surface area contributed by atoms with Gasteiger partial charge in [-0.15, -0.1) is 0 Å². The standard InChI is InChI=1S/C13H14N2O4/c1-7-5-9(12(17)18)6-10(8(7)2)15-4-3-11(16)14-13(15)19/h5-6H,3-4H2,1-2H3,(H,17,18)(H,14,16,19). The molecule has 1 aromatic carbocycles. The van der Waals surface area contributed by atoms with Crippen LogP contribution in [0.3, 0.4) is 0 Å². The van der Waals surface area contributed by atoms with Crippen LogP contribution >= 0.6 is 0 Å². The van der Waals surface area contributed by atoms with Crippen molar-refractivity contribution in [1.82, 2.24) is 5.32 Å². The molecule has 1 aliphatic rings. The summed E-state index contributed by atoms with van der Waals surface area (Å²) in [6.07, 6.45) is 0.210. The highest BCUT2D eigenvalue weighted by Crippen LogP contribution is 2.26. The quantitative estimate of drug-likeness (QED) is 0.844. The number of hydrogen-bond acceptors (Lipinski definition) is 3. The van der Waals surface area contributed by atoms with Gasteiger partial charge < -0.3 is 5.11 Å². The Labute approximate surface area is 110 Å². The van der Waals surface area contributed by atoms with Crippen LogP contribution in [0.2, 0.25) is 0 Å². The first-order valence-corrected chi connectivity index (χ1v) is 5.86. The van der Waals surface area contributed by atoms with Crippen LogP contribution < -0.4 is 10.2 Å². The highest BCUT2D eigenvalue weighted by Gasteiger charge is 2.26. The monoisotopic (exact) mass is 262 g/mol. The van der Waals surface area contributed by atoms with E-state index >= 15 is 0 Å². The van der Waals surface area contributed by atoms with Crippen molar-refractivity contribution in [1.29, 1.82) is 0 Å². The van der Waals surface area contributed by atoms with Crippen molar-refractivity contribution < 1.29 is 19.5 Å². The van der Waals surface area contributed by atoms with E-state index in [1.807, 2.05) is 6.92 Å². The van der Waals surface area contributed by atoms with Crippen molar-refractivity contribution in [2.45, 2.75) is 20.3 Å². The van der Waals surface area contributed by atoms with Gasteiger partial charge in [0.15, 0.2) is 0 Å². The van der Waals surface area contributed by atoms with Gasteiger partial charge in [-0.1, -0.05) is 0 Å². The molecule has 1 aromatic rings. The summed E-state index contributed by atoms with van der Waals surface area (Å²) in [5.41, 5.74) is 2.28. The highest BCUT2D eigenvalue weighted by atomic mass is 16.4. The normalized spacial score (nSPS) is 15.4. The topological polar surface area (TPSA) is 86.7 Å². The van der Waals surface area contributed by atoms with E-state index in [2.05, 4.69) is 5.32 Å². The van der Waals surface area contributed by atoms with Crippen molar-refractivity contribution in [3.05, 3.63) is 28.8 Å². The van der Waals surface area contributed by atoms with Gasteiger partial charge in [0, 0.05) is 18.7 Å². The van der Waals surface area contributed by atoms with Crippen molar-refractivity contribution in [3.63, 3.8) is 0 Å². The average Bonchev–Trinajstić information content (AvgIpc) is 2.33. The predicted octanol–water partition coefficient (Wildman–Crippen LogP) is 1.45. The lowest BCUT2D eigenvalue weighted by atomic mass is 10.0. The molecular weight excluding hydrogens is 248 g/mol. The zero-order chi connectivity index (χ0) is 14.2. The highest BCUT2D eigenvalue weighted by molar-refractivity contribution is 6.06. The molecule has 0 unspecified atom stereocenters. The van der Waals surface area contributed by atoms with Crippen LogP contribution in [0.4, 0.5) is 10.5 Å². The summed E-state index contributed by atoms with van der Waals surface area (Å²) < 4.78 is 0. The van der Waals surface area contributed by atoms with E-state index < -0.39 is 12.0 Å². The number of rotatable bonds is 2. The number of carbonyl (C=O) groups is 3. The minimum absolute atomic E-state index is 0.128. The minimum atomic E-state index is -1.04. The fourth-order valence-electron chi connectivity index (χ4n) is 2.04. The number of hydrogen-bond donors (Lipinski definition) is 2. The number of aromatic carboxylic acids is 1. The van der Waals surface area contributed by atoms with E-state index in [-0.39, 0.29) is 24.4 Å². The number of carboxylic acid groups (broad SMARTS) is 1. The number of benzene rings is 1. The molecule has 1 heterocycles. The Balaban J connectivity index is 2.46. The van der Waals surface area contributed by atoms with Gasteiger partial charge in [-0.05, 0) is 37.1 Å². The second-order valence-electron chi connectivity index (χ2n) is 4.50. The van der Waals surface area contributed by atoms with Crippen LogP contribution in [-0.4, -0.2) is 29.6 Å². The molecule has 6 heteroatoms. The molecule has 0 aliphatic carbocycles. The summed E-state index contributed by atoms with van der Waals surface area (Å²) in [5, 5.41) is 11.3. The van der Waals surface area contributed by atoms with Crippen LogP contribution in [0.15, 0.2) is 12.1 Å². The summed E-state index contributed by atoms with van der Waals surface area (Å²) in [7, 11) is 0. The van der Waals surface area contributed by atoms with Crippen molar-refractivity contribution in [3.8, 4) is 0 Å². The predicted molar refractivity (Wildman–Crippen MR) is 68.4 cm³/mol. The molecule has 0 saturated carbocycles. The molecule has 2 rings (SSSR count). The Morgan fingerprint density at radius 2 is 2.00 bits per heavy atom. The first-order chi connectivity index (χ1) is 8.90. The number of amides is 3. The van der Waals surface area contributed by atoms with Gasteiger partial charge in [-0.3, -0.25) is 15.0 Å². The second kappa shape index (κ2) is 4.72. The van der Waals surface area contributed by atoms with E-state index in [0.29, 0.717) is 5.69 Å². The number of imide groups is 1. The lowest BCUT2D eigenvalue weighted by molar-refractivity contribution is -0.120. The van der Waals surface area contributed by atoms with Crippen molar-refractivity contribution in [2.24, 2.45) is 0 Å². The molecule has 6 nitrogen and oxygen atoms in total. The van der Waals surface area contributed by atoms with Crippen LogP contribution in [-0.2, 0) is 4.79 Å². The van der Waals surface area contributed by atoms with Crippen molar-refractivity contribution in [2.75, 3.05) is 11.4 Å². The number of nitrogens with one attached hydrogen (secondary N) is 1. The fraction of sp³-hybridized carbons (Fsp3) is 0.308. The Morgan fingerprint density at radius 3 is 2.58 bits per heavy atom. The molecule has 100 valence electrons. The lowest BCUT2D eigenvalue weighted by Gasteiger charge is -2.28. The smallest absolute Gasteiger partial charge is 0.335 e. The van der Waals surface area contributed by atoms with E-state index in [9.17, 15) is 14.4 Å². The van der Waals surface area contributed by atoms with Gasteiger partial charge in [-0.25, -0.2) is 9.59 Å². The maximum Gasteiger partial charge on any atom is 0.335 e. The molecule has 2 N–H and O–H groups in total. The number of carboxylic acids is 1. The molecule has 0 radical (unpaired) electrons. The summed E-state index contributed by atoms with van der Waals surface area (Å²) in [6.45, 7) is 3.87. The largest absolute Gasteiger partial charge is 0.478 e. The third-order valence-corrected chi connectivity index (χ3v) is 3.23. The van der Waals surface area contributed by atoms with Crippen molar-refractivity contribution >= 4 is 23.6 Å². The second-order valence-corrected chi connectivity index (χ2v) is 4.50. The minimum Gasteiger partial charge on any atom is -0.478 e. The molecule has 0 aromatic heterocycles. The zero-order valence-corrected chi connectivity index (χ0v) is 10.7. The Bertz CT molecular complexity index is 580. The number of nitrogens with zero attached hydrogens (tertiary/aromatic N) is 1. The number of aryl methyl sites for hydroxylation is 1. The molecule has 1 saturated heterocycles. The van der Waals surface area contributed by atoms with Gasteiger partial charge in [0.05, 0.1) is 5.56 Å². The molecule has 0 spiro atoms. The maximum atomic E-state index is 11.8. The number of anilines is 1. The van der Waals surface area contributed by atoms with Crippen LogP contribution in [0.25, 0.3) is 0 Å². The van der Waals surface area contributed by atoms with Crippen LogP contribution in [0.5, 0.6) is 0 Å². The molecule has 3 amide bonds. The summed E-state index contributed by atoms with van der Waals surface area (Å²) in [5.74, 6) is -1.36. The average molecular weight is 262 g/mol. The van der Waals surface area contributed by atoms with Gasteiger partial charge in [-0.2, -0.15) is 0 Å². The number of urea groups is 1. The Morgan fingerprint density at radius 1 is 1.32 bits per heavy atom. The van der Waals surface area contributed by atoms with Gasteiger partial charge in [0.25, 0.3) is 0 Å². The lowest BCUT2D eigenvalue weighted by Crippen LogP contribution is -2.49. The Hall–Kier alpha value is -2.37. The van der Waals surface area contributed by atoms with E-state index in [1.54, 1.807) is 13.0 Å². The van der Waals surface area contributed by atoms with E-state index in [1.165, 1.54) is 11.0 Å². The molecule has 19 heavy (non-hydrogen) atoms. The first kappa shape index (κ1) is 13.1. The molecular formula is C13H14N2O4. The molecule has 1 fully saturated rings.